The lowest BCUT2D eigenvalue weighted by atomic mass is 10.3. The summed E-state index contributed by atoms with van der Waals surface area (Å²) in [6.45, 7) is 0. The number of hydrogen-bond donors (Lipinski definition) is 1. The highest BCUT2D eigenvalue weighted by atomic mass is 35.5. The average molecular weight is 247 g/mol. The summed E-state index contributed by atoms with van der Waals surface area (Å²) in [5.41, 5.74) is 0.270. The van der Waals surface area contributed by atoms with E-state index in [1.54, 1.807) is 18.2 Å². The smallest absolute Gasteiger partial charge is 0.239 e. The maximum Gasteiger partial charge on any atom is 0.239 e. The summed E-state index contributed by atoms with van der Waals surface area (Å²) >= 11 is 5.92. The van der Waals surface area contributed by atoms with Gasteiger partial charge in [0.05, 0.1) is 5.56 Å². The van der Waals surface area contributed by atoms with E-state index < -0.39 is 0 Å². The van der Waals surface area contributed by atoms with Crippen molar-refractivity contribution in [2.24, 2.45) is 0 Å². The minimum atomic E-state index is -0.0206. The highest BCUT2D eigenvalue weighted by molar-refractivity contribution is 6.33. The molecule has 0 aliphatic carbocycles. The lowest BCUT2D eigenvalue weighted by molar-refractivity contribution is 0.403. The van der Waals surface area contributed by atoms with Crippen LogP contribution in [0.3, 0.4) is 0 Å². The number of ether oxygens (including phenoxy) is 1. The molecule has 2 rings (SSSR count). The Kier molecular flexibility index (Phi) is 3.12. The molecule has 0 radical (unpaired) electrons. The molecule has 0 spiro atoms. The molecule has 0 bridgehead atoms. The van der Waals surface area contributed by atoms with Gasteiger partial charge in [-0.1, -0.05) is 23.7 Å². The Morgan fingerprint density at radius 2 is 2.06 bits per heavy atom. The van der Waals surface area contributed by atoms with Crippen LogP contribution in [0.1, 0.15) is 5.56 Å². The van der Waals surface area contributed by atoms with Crippen molar-refractivity contribution in [3.63, 3.8) is 0 Å². The number of hydrogen-bond acceptors (Lipinski definition) is 4. The Morgan fingerprint density at radius 3 is 2.76 bits per heavy atom. The molecule has 4 nitrogen and oxygen atoms in total. The SMILES string of the molecule is N#Cc1ccnc(Oc2ccccc2O)c1Cl. The van der Waals surface area contributed by atoms with Crippen LogP contribution in [0.5, 0.6) is 17.4 Å². The van der Waals surface area contributed by atoms with E-state index in [0.29, 0.717) is 0 Å². The van der Waals surface area contributed by atoms with Gasteiger partial charge in [-0.2, -0.15) is 5.26 Å². The van der Waals surface area contributed by atoms with E-state index in [1.165, 1.54) is 18.3 Å². The van der Waals surface area contributed by atoms with Crippen LogP contribution in [0.2, 0.25) is 5.02 Å². The van der Waals surface area contributed by atoms with E-state index >= 15 is 0 Å². The van der Waals surface area contributed by atoms with Crippen molar-refractivity contribution < 1.29 is 9.84 Å². The molecule has 84 valence electrons. The topological polar surface area (TPSA) is 66.1 Å². The largest absolute Gasteiger partial charge is 0.504 e. The van der Waals surface area contributed by atoms with Gasteiger partial charge in [0.1, 0.15) is 11.1 Å². The zero-order valence-corrected chi connectivity index (χ0v) is 9.35. The summed E-state index contributed by atoms with van der Waals surface area (Å²) in [6, 6.07) is 9.84. The molecule has 0 aliphatic rings. The van der Waals surface area contributed by atoms with Crippen LogP contribution >= 0.6 is 11.6 Å². The van der Waals surface area contributed by atoms with Crippen LogP contribution in [0.4, 0.5) is 0 Å². The van der Waals surface area contributed by atoms with Crippen molar-refractivity contribution in [3.05, 3.63) is 47.1 Å². The van der Waals surface area contributed by atoms with Crippen molar-refractivity contribution in [1.29, 1.82) is 5.26 Å². The number of para-hydroxylation sites is 2. The minimum absolute atomic E-state index is 0.0206. The lowest BCUT2D eigenvalue weighted by Crippen LogP contribution is -1.91. The van der Waals surface area contributed by atoms with Crippen LogP contribution in [0, 0.1) is 11.3 Å². The molecule has 0 atom stereocenters. The average Bonchev–Trinajstić information content (AvgIpc) is 2.34. The van der Waals surface area contributed by atoms with Crippen molar-refractivity contribution in [2.45, 2.75) is 0 Å². The quantitative estimate of drug-likeness (QED) is 0.884. The van der Waals surface area contributed by atoms with E-state index in [4.69, 9.17) is 21.6 Å². The molecule has 1 heterocycles. The molecule has 1 aromatic heterocycles. The van der Waals surface area contributed by atoms with Gasteiger partial charge in [0.15, 0.2) is 11.5 Å². The van der Waals surface area contributed by atoms with Crippen LogP contribution in [-0.4, -0.2) is 10.1 Å². The molecule has 0 saturated heterocycles. The number of nitriles is 1. The molecule has 1 aromatic carbocycles. The van der Waals surface area contributed by atoms with E-state index in [-0.39, 0.29) is 28.0 Å². The van der Waals surface area contributed by atoms with Gasteiger partial charge in [0.2, 0.25) is 5.88 Å². The van der Waals surface area contributed by atoms with E-state index in [9.17, 15) is 5.11 Å². The zero-order valence-electron chi connectivity index (χ0n) is 8.59. The Hall–Kier alpha value is -2.25. The van der Waals surface area contributed by atoms with Crippen molar-refractivity contribution in [3.8, 4) is 23.4 Å². The number of phenolic OH excluding ortho intramolecular Hbond substituents is 1. The molecule has 5 heteroatoms. The first-order valence-electron chi connectivity index (χ1n) is 4.73. The molecule has 0 fully saturated rings. The second-order valence-electron chi connectivity index (χ2n) is 3.16. The molecule has 17 heavy (non-hydrogen) atoms. The Bertz CT molecular complexity index is 593. The van der Waals surface area contributed by atoms with Gasteiger partial charge in [0.25, 0.3) is 0 Å². The standard InChI is InChI=1S/C12H7ClN2O2/c13-11-8(7-14)5-6-15-12(11)17-10-4-2-1-3-9(10)16/h1-6,16H. The minimum Gasteiger partial charge on any atom is -0.504 e. The van der Waals surface area contributed by atoms with Gasteiger partial charge in [-0.3, -0.25) is 0 Å². The molecule has 1 N–H and O–H groups in total. The maximum absolute atomic E-state index is 9.53. The van der Waals surface area contributed by atoms with Crippen LogP contribution in [0.25, 0.3) is 0 Å². The van der Waals surface area contributed by atoms with Gasteiger partial charge in [-0.25, -0.2) is 4.98 Å². The number of halogens is 1. The van der Waals surface area contributed by atoms with Crippen LogP contribution < -0.4 is 4.74 Å². The number of aromatic nitrogens is 1. The molecule has 0 unspecified atom stereocenters. The monoisotopic (exact) mass is 246 g/mol. The zero-order chi connectivity index (χ0) is 12.3. The predicted octanol–water partition coefficient (Wildman–Crippen LogP) is 3.10. The highest BCUT2D eigenvalue weighted by Gasteiger charge is 2.11. The normalized spacial score (nSPS) is 9.65. The summed E-state index contributed by atoms with van der Waals surface area (Å²) in [6.07, 6.45) is 1.42. The summed E-state index contributed by atoms with van der Waals surface area (Å²) in [4.78, 5) is 3.91. The van der Waals surface area contributed by atoms with Gasteiger partial charge < -0.3 is 9.84 Å². The fourth-order valence-electron chi connectivity index (χ4n) is 1.23. The molecule has 0 aliphatic heterocycles. The Labute approximate surface area is 103 Å². The number of aromatic hydroxyl groups is 1. The van der Waals surface area contributed by atoms with E-state index in [0.717, 1.165) is 0 Å². The third-order valence-electron chi connectivity index (χ3n) is 2.05. The summed E-state index contributed by atoms with van der Waals surface area (Å²) < 4.78 is 5.34. The fourth-order valence-corrected chi connectivity index (χ4v) is 1.42. The van der Waals surface area contributed by atoms with Gasteiger partial charge >= 0.3 is 0 Å². The Balaban J connectivity index is 2.38. The first-order chi connectivity index (χ1) is 8.22. The van der Waals surface area contributed by atoms with Crippen molar-refractivity contribution in [1.82, 2.24) is 4.98 Å². The number of nitrogens with zero attached hydrogens (tertiary/aromatic N) is 2. The third kappa shape index (κ3) is 2.30. The number of pyridine rings is 1. The first-order valence-corrected chi connectivity index (χ1v) is 5.10. The second-order valence-corrected chi connectivity index (χ2v) is 3.54. The number of phenols is 1. The number of benzene rings is 1. The van der Waals surface area contributed by atoms with Gasteiger partial charge in [0, 0.05) is 6.20 Å². The van der Waals surface area contributed by atoms with Crippen LogP contribution in [0.15, 0.2) is 36.5 Å². The van der Waals surface area contributed by atoms with Crippen molar-refractivity contribution >= 4 is 11.6 Å². The van der Waals surface area contributed by atoms with Gasteiger partial charge in [-0.05, 0) is 18.2 Å². The maximum atomic E-state index is 9.53. The molecule has 0 amide bonds. The fraction of sp³-hybridized carbons (Fsp3) is 0. The lowest BCUT2D eigenvalue weighted by Gasteiger charge is -2.07. The first kappa shape index (κ1) is 11.2. The summed E-state index contributed by atoms with van der Waals surface area (Å²) in [5, 5.41) is 18.4. The van der Waals surface area contributed by atoms with Crippen LogP contribution in [-0.2, 0) is 0 Å². The van der Waals surface area contributed by atoms with Crippen molar-refractivity contribution in [2.75, 3.05) is 0 Å². The second kappa shape index (κ2) is 4.73. The molecular weight excluding hydrogens is 240 g/mol. The van der Waals surface area contributed by atoms with Gasteiger partial charge in [-0.15, -0.1) is 0 Å². The summed E-state index contributed by atoms with van der Waals surface area (Å²) in [5.74, 6) is 0.303. The summed E-state index contributed by atoms with van der Waals surface area (Å²) in [7, 11) is 0. The third-order valence-corrected chi connectivity index (χ3v) is 2.41. The number of rotatable bonds is 2. The Morgan fingerprint density at radius 1 is 1.29 bits per heavy atom. The molecule has 2 aromatic rings. The van der Waals surface area contributed by atoms with E-state index in [1.807, 2.05) is 6.07 Å². The molecular formula is C12H7ClN2O2. The highest BCUT2D eigenvalue weighted by Crippen LogP contribution is 2.33. The predicted molar refractivity (Wildman–Crippen MR) is 62.1 cm³/mol. The molecule has 0 saturated carbocycles. The van der Waals surface area contributed by atoms with E-state index in [2.05, 4.69) is 4.98 Å².